The van der Waals surface area contributed by atoms with Crippen LogP contribution in [0.5, 0.6) is 0 Å². The molecule has 1 N–H and O–H groups in total. The molecule has 2 aliphatic rings. The third-order valence-electron chi connectivity index (χ3n) is 4.86. The van der Waals surface area contributed by atoms with Gasteiger partial charge in [-0.15, -0.1) is 0 Å². The van der Waals surface area contributed by atoms with E-state index in [1.165, 1.54) is 57.9 Å². The maximum Gasteiger partial charge on any atom is 0.00698 e. The van der Waals surface area contributed by atoms with Gasteiger partial charge in [-0.2, -0.15) is 0 Å². The van der Waals surface area contributed by atoms with Gasteiger partial charge in [0, 0.05) is 6.04 Å². The van der Waals surface area contributed by atoms with Crippen molar-refractivity contribution in [1.82, 2.24) is 5.32 Å². The Morgan fingerprint density at radius 1 is 1.00 bits per heavy atom. The first kappa shape index (κ1) is 12.4. The summed E-state index contributed by atoms with van der Waals surface area (Å²) in [4.78, 5) is 0. The Morgan fingerprint density at radius 3 is 2.56 bits per heavy atom. The van der Waals surface area contributed by atoms with Crippen molar-refractivity contribution in [3.8, 4) is 0 Å². The van der Waals surface area contributed by atoms with E-state index in [9.17, 15) is 0 Å². The summed E-state index contributed by atoms with van der Waals surface area (Å²) in [5.41, 5.74) is 0. The van der Waals surface area contributed by atoms with Crippen LogP contribution in [0.4, 0.5) is 0 Å². The Hall–Kier alpha value is -0.0400. The van der Waals surface area contributed by atoms with E-state index in [0.717, 1.165) is 23.8 Å². The first-order valence-electron chi connectivity index (χ1n) is 7.51. The van der Waals surface area contributed by atoms with E-state index < -0.39 is 0 Å². The summed E-state index contributed by atoms with van der Waals surface area (Å²) in [6, 6.07) is 0.842. The van der Waals surface area contributed by atoms with Crippen molar-refractivity contribution < 1.29 is 0 Å². The van der Waals surface area contributed by atoms with Crippen LogP contribution in [0, 0.1) is 17.8 Å². The molecule has 4 unspecified atom stereocenters. The topological polar surface area (TPSA) is 12.0 Å². The molecular weight excluding hydrogens is 194 g/mol. The van der Waals surface area contributed by atoms with Crippen LogP contribution in [-0.2, 0) is 0 Å². The van der Waals surface area contributed by atoms with Crippen LogP contribution in [-0.4, -0.2) is 12.6 Å². The van der Waals surface area contributed by atoms with Gasteiger partial charge in [-0.25, -0.2) is 0 Å². The van der Waals surface area contributed by atoms with Crippen molar-refractivity contribution in [3.05, 3.63) is 0 Å². The molecule has 4 atom stereocenters. The largest absolute Gasteiger partial charge is 0.314 e. The molecule has 0 aromatic rings. The summed E-state index contributed by atoms with van der Waals surface area (Å²) in [5.74, 6) is 2.98. The summed E-state index contributed by atoms with van der Waals surface area (Å²) < 4.78 is 0. The number of rotatable bonds is 4. The zero-order valence-electron chi connectivity index (χ0n) is 11.2. The third kappa shape index (κ3) is 3.48. The molecule has 0 spiro atoms. The number of hydrogen-bond donors (Lipinski definition) is 1. The molecule has 0 heterocycles. The molecule has 0 aromatic heterocycles. The highest BCUT2D eigenvalue weighted by Crippen LogP contribution is 2.31. The average molecular weight is 223 g/mol. The van der Waals surface area contributed by atoms with Crippen LogP contribution < -0.4 is 5.32 Å². The molecule has 0 saturated heterocycles. The van der Waals surface area contributed by atoms with Gasteiger partial charge >= 0.3 is 0 Å². The normalized spacial score (nSPS) is 40.1. The lowest BCUT2D eigenvalue weighted by Crippen LogP contribution is -2.36. The number of hydrogen-bond acceptors (Lipinski definition) is 1. The monoisotopic (exact) mass is 223 g/mol. The van der Waals surface area contributed by atoms with Crippen molar-refractivity contribution in [2.45, 2.75) is 71.3 Å². The maximum absolute atomic E-state index is 3.85. The van der Waals surface area contributed by atoms with Gasteiger partial charge in [0.15, 0.2) is 0 Å². The lowest BCUT2D eigenvalue weighted by molar-refractivity contribution is 0.269. The van der Waals surface area contributed by atoms with Crippen molar-refractivity contribution in [2.24, 2.45) is 17.8 Å². The van der Waals surface area contributed by atoms with Crippen LogP contribution in [0.2, 0.25) is 0 Å². The van der Waals surface area contributed by atoms with E-state index in [4.69, 9.17) is 0 Å². The van der Waals surface area contributed by atoms with Crippen LogP contribution in [0.1, 0.15) is 65.2 Å². The minimum absolute atomic E-state index is 0.842. The van der Waals surface area contributed by atoms with Gasteiger partial charge in [0.1, 0.15) is 0 Å². The average Bonchev–Trinajstić information content (AvgIpc) is 2.73. The lowest BCUT2D eigenvalue weighted by Gasteiger charge is -2.30. The molecule has 2 fully saturated rings. The molecule has 0 aromatic carbocycles. The smallest absolute Gasteiger partial charge is 0.00698 e. The van der Waals surface area contributed by atoms with E-state index in [2.05, 4.69) is 19.2 Å². The molecule has 0 aliphatic heterocycles. The minimum atomic E-state index is 0.842. The molecule has 2 rings (SSSR count). The molecule has 0 amide bonds. The van der Waals surface area contributed by atoms with E-state index in [1.54, 1.807) is 0 Å². The van der Waals surface area contributed by atoms with Gasteiger partial charge in [-0.05, 0) is 50.0 Å². The Bertz CT molecular complexity index is 202. The second-order valence-electron chi connectivity index (χ2n) is 6.33. The van der Waals surface area contributed by atoms with Crippen molar-refractivity contribution in [3.63, 3.8) is 0 Å². The maximum atomic E-state index is 3.85. The third-order valence-corrected chi connectivity index (χ3v) is 4.86. The van der Waals surface area contributed by atoms with E-state index in [0.29, 0.717) is 0 Å². The highest BCUT2D eigenvalue weighted by Gasteiger charge is 2.24. The van der Waals surface area contributed by atoms with Gasteiger partial charge in [-0.1, -0.05) is 39.5 Å². The van der Waals surface area contributed by atoms with E-state index in [-0.39, 0.29) is 0 Å². The van der Waals surface area contributed by atoms with E-state index in [1.807, 2.05) is 0 Å². The van der Waals surface area contributed by atoms with Crippen LogP contribution in [0.3, 0.4) is 0 Å². The van der Waals surface area contributed by atoms with Crippen LogP contribution in [0.25, 0.3) is 0 Å². The SMILES string of the molecule is CCC1CCCC(NCC2CCC(C)C2)C1. The number of nitrogens with one attached hydrogen (secondary N) is 1. The summed E-state index contributed by atoms with van der Waals surface area (Å²) in [6.07, 6.45) is 11.6. The minimum Gasteiger partial charge on any atom is -0.314 e. The molecule has 1 heteroatoms. The zero-order valence-corrected chi connectivity index (χ0v) is 11.2. The quantitative estimate of drug-likeness (QED) is 0.760. The lowest BCUT2D eigenvalue weighted by atomic mass is 9.84. The van der Waals surface area contributed by atoms with Crippen LogP contribution >= 0.6 is 0 Å². The van der Waals surface area contributed by atoms with Gasteiger partial charge < -0.3 is 5.32 Å². The Morgan fingerprint density at radius 2 is 1.88 bits per heavy atom. The molecule has 2 aliphatic carbocycles. The fourth-order valence-corrected chi connectivity index (χ4v) is 3.69. The van der Waals surface area contributed by atoms with Gasteiger partial charge in [-0.3, -0.25) is 0 Å². The Balaban J connectivity index is 1.65. The Kier molecular flexibility index (Phi) is 4.69. The Labute approximate surface area is 101 Å². The summed E-state index contributed by atoms with van der Waals surface area (Å²) in [5, 5.41) is 3.85. The van der Waals surface area contributed by atoms with Gasteiger partial charge in [0.05, 0.1) is 0 Å². The second kappa shape index (κ2) is 6.05. The van der Waals surface area contributed by atoms with Gasteiger partial charge in [0.25, 0.3) is 0 Å². The van der Waals surface area contributed by atoms with Crippen molar-refractivity contribution in [1.29, 1.82) is 0 Å². The second-order valence-corrected chi connectivity index (χ2v) is 6.33. The summed E-state index contributed by atoms with van der Waals surface area (Å²) >= 11 is 0. The fraction of sp³-hybridized carbons (Fsp3) is 1.00. The molecule has 0 bridgehead atoms. The first-order valence-corrected chi connectivity index (χ1v) is 7.51. The summed E-state index contributed by atoms with van der Waals surface area (Å²) in [7, 11) is 0. The summed E-state index contributed by atoms with van der Waals surface area (Å²) in [6.45, 7) is 6.06. The van der Waals surface area contributed by atoms with E-state index >= 15 is 0 Å². The molecular formula is C15H29N. The predicted octanol–water partition coefficient (Wildman–Crippen LogP) is 3.98. The first-order chi connectivity index (χ1) is 7.78. The van der Waals surface area contributed by atoms with Crippen molar-refractivity contribution >= 4 is 0 Å². The standard InChI is InChI=1S/C15H29N/c1-3-13-5-4-6-15(10-13)16-11-14-8-7-12(2)9-14/h12-16H,3-11H2,1-2H3. The zero-order chi connectivity index (χ0) is 11.4. The molecule has 16 heavy (non-hydrogen) atoms. The predicted molar refractivity (Wildman–Crippen MR) is 70.5 cm³/mol. The fourth-order valence-electron chi connectivity index (χ4n) is 3.69. The van der Waals surface area contributed by atoms with Crippen molar-refractivity contribution in [2.75, 3.05) is 6.54 Å². The van der Waals surface area contributed by atoms with Gasteiger partial charge in [0.2, 0.25) is 0 Å². The molecule has 1 nitrogen and oxygen atoms in total. The highest BCUT2D eigenvalue weighted by atomic mass is 14.9. The molecule has 0 radical (unpaired) electrons. The molecule has 94 valence electrons. The van der Waals surface area contributed by atoms with Crippen LogP contribution in [0.15, 0.2) is 0 Å². The molecule has 2 saturated carbocycles. The highest BCUT2D eigenvalue weighted by molar-refractivity contribution is 4.80.